The monoisotopic (exact) mass is 452 g/mol. The predicted octanol–water partition coefficient (Wildman–Crippen LogP) is 11.0. The lowest BCUT2D eigenvalue weighted by molar-refractivity contribution is 0.280. The molecule has 0 saturated carbocycles. The van der Waals surface area contributed by atoms with Gasteiger partial charge in [-0.25, -0.2) is 0 Å². The maximum atomic E-state index is 11.9. The van der Waals surface area contributed by atoms with Crippen molar-refractivity contribution >= 4 is 0 Å². The van der Waals surface area contributed by atoms with Crippen LogP contribution in [-0.4, -0.2) is 18.2 Å². The summed E-state index contributed by atoms with van der Waals surface area (Å²) < 4.78 is 0. The minimum absolute atomic E-state index is 0.265. The molecular formula is C30H62NO-. The van der Waals surface area contributed by atoms with E-state index in [4.69, 9.17) is 0 Å². The zero-order valence-corrected chi connectivity index (χ0v) is 22.8. The Balaban J connectivity index is 3.38. The van der Waals surface area contributed by atoms with E-state index in [0.717, 1.165) is 12.8 Å². The van der Waals surface area contributed by atoms with Crippen molar-refractivity contribution < 1.29 is 0 Å². The SMILES string of the molecule is CCCCCCCCCCCCCCCCCC(CCCCCCCCCCC)N(C)[O-]. The van der Waals surface area contributed by atoms with Crippen LogP contribution < -0.4 is 0 Å². The lowest BCUT2D eigenvalue weighted by atomic mass is 9.99. The van der Waals surface area contributed by atoms with Crippen LogP contribution in [0.3, 0.4) is 0 Å². The molecule has 32 heavy (non-hydrogen) atoms. The van der Waals surface area contributed by atoms with Crippen molar-refractivity contribution in [2.75, 3.05) is 7.05 Å². The molecule has 1 atom stereocenters. The summed E-state index contributed by atoms with van der Waals surface area (Å²) in [6, 6.07) is 0.265. The van der Waals surface area contributed by atoms with Gasteiger partial charge < -0.3 is 10.3 Å². The second-order valence-electron chi connectivity index (χ2n) is 10.6. The molecule has 0 rings (SSSR count). The minimum atomic E-state index is 0.265. The standard InChI is InChI=1S/C30H62NO/c1-4-6-8-10-12-14-15-16-17-18-19-21-23-25-27-29-30(31(3)32)28-26-24-22-20-13-11-9-7-5-2/h30H,4-29H2,1-3H3/q-1. The average molecular weight is 453 g/mol. The first-order chi connectivity index (χ1) is 15.7. The Morgan fingerprint density at radius 3 is 0.844 bits per heavy atom. The van der Waals surface area contributed by atoms with E-state index in [2.05, 4.69) is 13.8 Å². The van der Waals surface area contributed by atoms with Crippen molar-refractivity contribution in [2.24, 2.45) is 0 Å². The van der Waals surface area contributed by atoms with Gasteiger partial charge >= 0.3 is 0 Å². The molecule has 0 saturated heterocycles. The molecule has 0 aromatic heterocycles. The van der Waals surface area contributed by atoms with Gasteiger partial charge in [-0.05, 0) is 25.9 Å². The van der Waals surface area contributed by atoms with Crippen molar-refractivity contribution in [3.05, 3.63) is 5.21 Å². The maximum absolute atomic E-state index is 11.9. The first kappa shape index (κ1) is 31.9. The summed E-state index contributed by atoms with van der Waals surface area (Å²) in [5.41, 5.74) is 0. The molecule has 0 aliphatic heterocycles. The summed E-state index contributed by atoms with van der Waals surface area (Å²) in [7, 11) is 1.74. The normalized spacial score (nSPS) is 12.7. The van der Waals surface area contributed by atoms with Crippen LogP contribution in [0.2, 0.25) is 0 Å². The van der Waals surface area contributed by atoms with E-state index in [1.165, 1.54) is 159 Å². The van der Waals surface area contributed by atoms with Gasteiger partial charge in [0.2, 0.25) is 0 Å². The van der Waals surface area contributed by atoms with Gasteiger partial charge in [0.1, 0.15) is 0 Å². The molecule has 0 aliphatic rings. The zero-order valence-electron chi connectivity index (χ0n) is 22.8. The van der Waals surface area contributed by atoms with Crippen molar-refractivity contribution in [3.8, 4) is 0 Å². The van der Waals surface area contributed by atoms with Crippen LogP contribution in [0, 0.1) is 5.21 Å². The Bertz CT molecular complexity index is 331. The van der Waals surface area contributed by atoms with Crippen molar-refractivity contribution in [3.63, 3.8) is 0 Å². The van der Waals surface area contributed by atoms with Crippen LogP contribution in [0.25, 0.3) is 0 Å². The molecule has 0 amide bonds. The highest BCUT2D eigenvalue weighted by Gasteiger charge is 2.07. The summed E-state index contributed by atoms with van der Waals surface area (Å²) >= 11 is 0. The molecule has 0 aromatic carbocycles. The number of nitrogens with zero attached hydrogens (tertiary/aromatic N) is 1. The van der Waals surface area contributed by atoms with Crippen LogP contribution in [0.1, 0.15) is 181 Å². The van der Waals surface area contributed by atoms with Gasteiger partial charge in [0.15, 0.2) is 0 Å². The number of rotatable bonds is 27. The van der Waals surface area contributed by atoms with E-state index in [1.807, 2.05) is 0 Å². The summed E-state index contributed by atoms with van der Waals surface area (Å²) in [6.07, 6.45) is 35.6. The molecule has 0 N–H and O–H groups in total. The van der Waals surface area contributed by atoms with Crippen LogP contribution in [-0.2, 0) is 0 Å². The molecule has 0 aliphatic carbocycles. The zero-order chi connectivity index (χ0) is 23.5. The molecule has 2 heteroatoms. The summed E-state index contributed by atoms with van der Waals surface area (Å²) in [6.45, 7) is 4.57. The first-order valence-corrected chi connectivity index (χ1v) is 15.1. The lowest BCUT2D eigenvalue weighted by Gasteiger charge is -2.33. The Morgan fingerprint density at radius 1 is 0.406 bits per heavy atom. The maximum Gasteiger partial charge on any atom is -0.00282 e. The van der Waals surface area contributed by atoms with E-state index in [9.17, 15) is 5.21 Å². The lowest BCUT2D eigenvalue weighted by Crippen LogP contribution is -2.26. The fourth-order valence-electron chi connectivity index (χ4n) is 4.95. The topological polar surface area (TPSA) is 26.3 Å². The molecule has 0 fully saturated rings. The molecule has 0 spiro atoms. The molecule has 194 valence electrons. The molecular weight excluding hydrogens is 390 g/mol. The number of hydroxylamine groups is 2. The highest BCUT2D eigenvalue weighted by molar-refractivity contribution is 4.69. The van der Waals surface area contributed by atoms with Gasteiger partial charge in [0, 0.05) is 0 Å². The second-order valence-corrected chi connectivity index (χ2v) is 10.6. The second kappa shape index (κ2) is 27.2. The Morgan fingerprint density at radius 2 is 0.625 bits per heavy atom. The van der Waals surface area contributed by atoms with Crippen molar-refractivity contribution in [2.45, 2.75) is 187 Å². The van der Waals surface area contributed by atoms with Crippen LogP contribution >= 0.6 is 0 Å². The van der Waals surface area contributed by atoms with Gasteiger partial charge in [-0.15, -0.1) is 0 Å². The summed E-state index contributed by atoms with van der Waals surface area (Å²) in [5, 5.41) is 13.2. The van der Waals surface area contributed by atoms with Gasteiger partial charge in [0.25, 0.3) is 0 Å². The van der Waals surface area contributed by atoms with Gasteiger partial charge in [-0.1, -0.05) is 168 Å². The third-order valence-electron chi connectivity index (χ3n) is 7.30. The molecule has 1 unspecified atom stereocenters. The van der Waals surface area contributed by atoms with E-state index in [0.29, 0.717) is 0 Å². The Kier molecular flexibility index (Phi) is 27.1. The first-order valence-electron chi connectivity index (χ1n) is 15.1. The largest absolute Gasteiger partial charge is 0.785 e. The minimum Gasteiger partial charge on any atom is -0.785 e. The van der Waals surface area contributed by atoms with Crippen molar-refractivity contribution in [1.29, 1.82) is 0 Å². The van der Waals surface area contributed by atoms with Crippen LogP contribution in [0.15, 0.2) is 0 Å². The van der Waals surface area contributed by atoms with E-state index < -0.39 is 0 Å². The predicted molar refractivity (Wildman–Crippen MR) is 146 cm³/mol. The molecule has 0 radical (unpaired) electrons. The van der Waals surface area contributed by atoms with E-state index >= 15 is 0 Å². The van der Waals surface area contributed by atoms with E-state index in [1.54, 1.807) is 7.05 Å². The van der Waals surface area contributed by atoms with Gasteiger partial charge in [-0.3, -0.25) is 0 Å². The number of hydrogen-bond donors (Lipinski definition) is 0. The smallest absolute Gasteiger partial charge is 0.00282 e. The van der Waals surface area contributed by atoms with E-state index in [-0.39, 0.29) is 6.04 Å². The van der Waals surface area contributed by atoms with Gasteiger partial charge in [-0.2, -0.15) is 0 Å². The highest BCUT2D eigenvalue weighted by atomic mass is 16.5. The molecule has 0 bridgehead atoms. The molecule has 2 nitrogen and oxygen atoms in total. The number of hydrogen-bond acceptors (Lipinski definition) is 2. The third kappa shape index (κ3) is 24.6. The average Bonchev–Trinajstić information content (AvgIpc) is 2.78. The number of unbranched alkanes of at least 4 members (excludes halogenated alkanes) is 22. The van der Waals surface area contributed by atoms with Crippen LogP contribution in [0.4, 0.5) is 0 Å². The summed E-state index contributed by atoms with van der Waals surface area (Å²) in [5.74, 6) is 0. The van der Waals surface area contributed by atoms with Gasteiger partial charge in [0.05, 0.1) is 0 Å². The van der Waals surface area contributed by atoms with Crippen LogP contribution in [0.5, 0.6) is 0 Å². The Labute approximate surface area is 204 Å². The quantitative estimate of drug-likeness (QED) is 0.0914. The fraction of sp³-hybridized carbons (Fsp3) is 1.00. The Hall–Kier alpha value is -0.0800. The van der Waals surface area contributed by atoms with Crippen molar-refractivity contribution in [1.82, 2.24) is 5.06 Å². The summed E-state index contributed by atoms with van der Waals surface area (Å²) in [4.78, 5) is 0. The highest BCUT2D eigenvalue weighted by Crippen LogP contribution is 2.18. The third-order valence-corrected chi connectivity index (χ3v) is 7.30. The molecule has 0 heterocycles. The molecule has 0 aromatic rings. The fourth-order valence-corrected chi connectivity index (χ4v) is 4.95.